The summed E-state index contributed by atoms with van der Waals surface area (Å²) in [6.07, 6.45) is 16.2. The zero-order valence-electron chi connectivity index (χ0n) is 17.5. The first-order chi connectivity index (χ1) is 12.5. The second-order valence-electron chi connectivity index (χ2n) is 7.49. The molecule has 0 aromatic heterocycles. The summed E-state index contributed by atoms with van der Waals surface area (Å²) in [4.78, 5) is 2.34. The number of likely N-dealkylation sites (N-methyl/N-ethyl adjacent to an activating group) is 1. The zero-order valence-corrected chi connectivity index (χ0v) is 17.5. The minimum atomic E-state index is 0.974. The monoisotopic (exact) mass is 351 g/mol. The zero-order chi connectivity index (χ0) is 19.2. The van der Waals surface area contributed by atoms with Gasteiger partial charge in [0.15, 0.2) is 0 Å². The third-order valence-electron chi connectivity index (χ3n) is 4.40. The van der Waals surface area contributed by atoms with Crippen LogP contribution in [0.1, 0.15) is 58.9 Å². The molecule has 0 atom stereocenters. The van der Waals surface area contributed by atoms with Crippen LogP contribution in [-0.4, -0.2) is 25.0 Å². The van der Waals surface area contributed by atoms with Crippen molar-refractivity contribution in [2.24, 2.45) is 0 Å². The molecular formula is C25H37N. The van der Waals surface area contributed by atoms with E-state index in [1.807, 2.05) is 0 Å². The summed E-state index contributed by atoms with van der Waals surface area (Å²) in [7, 11) is 2.17. The van der Waals surface area contributed by atoms with E-state index in [0.29, 0.717) is 0 Å². The third-order valence-corrected chi connectivity index (χ3v) is 4.40. The molecule has 0 bridgehead atoms. The number of hydrogen-bond acceptors (Lipinski definition) is 1. The molecule has 0 fully saturated rings. The molecule has 26 heavy (non-hydrogen) atoms. The van der Waals surface area contributed by atoms with Gasteiger partial charge in [-0.25, -0.2) is 0 Å². The van der Waals surface area contributed by atoms with Crippen LogP contribution in [0.4, 0.5) is 0 Å². The normalized spacial score (nSPS) is 12.8. The van der Waals surface area contributed by atoms with Crippen molar-refractivity contribution in [2.45, 2.75) is 53.4 Å². The third kappa shape index (κ3) is 11.7. The summed E-state index contributed by atoms with van der Waals surface area (Å²) in [6, 6.07) is 10.5. The molecule has 0 aliphatic carbocycles. The van der Waals surface area contributed by atoms with Gasteiger partial charge in [0.25, 0.3) is 0 Å². The van der Waals surface area contributed by atoms with Crippen LogP contribution in [0, 0.1) is 0 Å². The average molecular weight is 352 g/mol. The average Bonchev–Trinajstić information content (AvgIpc) is 2.60. The molecule has 0 aliphatic rings. The van der Waals surface area contributed by atoms with Gasteiger partial charge in [-0.2, -0.15) is 0 Å². The maximum Gasteiger partial charge on any atom is 0.0166 e. The summed E-state index contributed by atoms with van der Waals surface area (Å²) < 4.78 is 0. The van der Waals surface area contributed by atoms with Gasteiger partial charge in [-0.1, -0.05) is 77.4 Å². The second kappa shape index (κ2) is 13.4. The summed E-state index contributed by atoms with van der Waals surface area (Å²) in [5, 5.41) is 0. The largest absolute Gasteiger partial charge is 0.299 e. The minimum Gasteiger partial charge on any atom is -0.299 e. The summed E-state index contributed by atoms with van der Waals surface area (Å²) in [5.74, 6) is 0. The number of nitrogens with zero attached hydrogens (tertiary/aromatic N) is 1. The van der Waals surface area contributed by atoms with Crippen molar-refractivity contribution in [3.63, 3.8) is 0 Å². The Kier molecular flexibility index (Phi) is 11.4. The predicted molar refractivity (Wildman–Crippen MR) is 118 cm³/mol. The lowest BCUT2D eigenvalue weighted by Crippen LogP contribution is -2.18. The fraction of sp³-hybridized carbons (Fsp3) is 0.440. The van der Waals surface area contributed by atoms with Crippen molar-refractivity contribution < 1.29 is 0 Å². The van der Waals surface area contributed by atoms with E-state index in [2.05, 4.69) is 100 Å². The van der Waals surface area contributed by atoms with Crippen molar-refractivity contribution in [2.75, 3.05) is 20.1 Å². The van der Waals surface area contributed by atoms with Gasteiger partial charge in [0.2, 0.25) is 0 Å². The molecule has 0 saturated carbocycles. The molecule has 0 heterocycles. The molecule has 142 valence electrons. The molecule has 0 amide bonds. The molecule has 0 spiro atoms. The highest BCUT2D eigenvalue weighted by atomic mass is 15.1. The van der Waals surface area contributed by atoms with Gasteiger partial charge >= 0.3 is 0 Å². The summed E-state index contributed by atoms with van der Waals surface area (Å²) >= 11 is 0. The van der Waals surface area contributed by atoms with Gasteiger partial charge in [-0.15, -0.1) is 0 Å². The van der Waals surface area contributed by atoms with Crippen molar-refractivity contribution in [3.8, 4) is 0 Å². The standard InChI is InChI=1S/C25H37N/c1-22(2)12-9-13-23(3)14-10-15-24(4)19-21-26(5)20-11-18-25-16-7-6-8-17-25/h6-8,11-12,14,16-19H,9-10,13,15,20-21H2,1-5H3/b18-11-,23-14-,24-19+. The van der Waals surface area contributed by atoms with Gasteiger partial charge in [0.1, 0.15) is 0 Å². The van der Waals surface area contributed by atoms with Crippen LogP contribution in [0.2, 0.25) is 0 Å². The van der Waals surface area contributed by atoms with Crippen LogP contribution in [0.15, 0.2) is 71.4 Å². The van der Waals surface area contributed by atoms with E-state index in [9.17, 15) is 0 Å². The predicted octanol–water partition coefficient (Wildman–Crippen LogP) is 7.05. The lowest BCUT2D eigenvalue weighted by molar-refractivity contribution is 0.412. The van der Waals surface area contributed by atoms with E-state index < -0.39 is 0 Å². The first-order valence-corrected chi connectivity index (χ1v) is 9.82. The highest BCUT2D eigenvalue weighted by Crippen LogP contribution is 2.11. The van der Waals surface area contributed by atoms with Gasteiger partial charge in [-0.3, -0.25) is 4.90 Å². The van der Waals surface area contributed by atoms with E-state index in [0.717, 1.165) is 25.9 Å². The van der Waals surface area contributed by atoms with Crippen LogP contribution >= 0.6 is 0 Å². The highest BCUT2D eigenvalue weighted by molar-refractivity contribution is 5.48. The Morgan fingerprint density at radius 2 is 1.42 bits per heavy atom. The Bertz CT molecular complexity index is 613. The minimum absolute atomic E-state index is 0.974. The molecule has 1 aromatic carbocycles. The number of hydrogen-bond donors (Lipinski definition) is 0. The molecule has 0 radical (unpaired) electrons. The lowest BCUT2D eigenvalue weighted by Gasteiger charge is -2.12. The van der Waals surface area contributed by atoms with Gasteiger partial charge in [-0.05, 0) is 66.0 Å². The van der Waals surface area contributed by atoms with Gasteiger partial charge in [0.05, 0.1) is 0 Å². The Morgan fingerprint density at radius 3 is 2.08 bits per heavy atom. The second-order valence-corrected chi connectivity index (χ2v) is 7.49. The van der Waals surface area contributed by atoms with Crippen molar-refractivity contribution in [1.29, 1.82) is 0 Å². The Morgan fingerprint density at radius 1 is 0.808 bits per heavy atom. The van der Waals surface area contributed by atoms with Gasteiger partial charge in [0, 0.05) is 13.1 Å². The smallest absolute Gasteiger partial charge is 0.0166 e. The Labute approximate surface area is 161 Å². The molecule has 0 aliphatic heterocycles. The molecule has 1 nitrogen and oxygen atoms in total. The fourth-order valence-electron chi connectivity index (χ4n) is 2.66. The van der Waals surface area contributed by atoms with Crippen LogP contribution in [0.3, 0.4) is 0 Å². The molecule has 0 N–H and O–H groups in total. The highest BCUT2D eigenvalue weighted by Gasteiger charge is 1.95. The fourth-order valence-corrected chi connectivity index (χ4v) is 2.66. The van der Waals surface area contributed by atoms with Crippen molar-refractivity contribution in [1.82, 2.24) is 4.90 Å². The van der Waals surface area contributed by atoms with Crippen molar-refractivity contribution >= 4 is 6.08 Å². The molecule has 1 rings (SSSR count). The van der Waals surface area contributed by atoms with Crippen molar-refractivity contribution in [3.05, 3.63) is 76.9 Å². The SMILES string of the molecule is CC(C)=CCC/C(C)=C\CC/C(C)=C/CN(C)C/C=C\c1ccccc1. The van der Waals surface area contributed by atoms with E-state index in [1.54, 1.807) is 0 Å². The number of rotatable bonds is 11. The van der Waals surface area contributed by atoms with Crippen LogP contribution in [0.25, 0.3) is 6.08 Å². The van der Waals surface area contributed by atoms with Gasteiger partial charge < -0.3 is 0 Å². The molecule has 0 unspecified atom stereocenters. The quantitative estimate of drug-likeness (QED) is 0.386. The number of benzene rings is 1. The summed E-state index contributed by atoms with van der Waals surface area (Å²) in [5.41, 5.74) is 5.68. The first-order valence-electron chi connectivity index (χ1n) is 9.82. The Hall–Kier alpha value is -1.86. The van der Waals surface area contributed by atoms with E-state index in [1.165, 1.54) is 35.1 Å². The first kappa shape index (κ1) is 22.2. The maximum atomic E-state index is 2.41. The lowest BCUT2D eigenvalue weighted by atomic mass is 10.1. The maximum absolute atomic E-state index is 2.41. The van der Waals surface area contributed by atoms with E-state index in [-0.39, 0.29) is 0 Å². The van der Waals surface area contributed by atoms with Crippen LogP contribution in [0.5, 0.6) is 0 Å². The number of allylic oxidation sites excluding steroid dienone is 5. The molecule has 1 heteroatoms. The van der Waals surface area contributed by atoms with Crippen LogP contribution < -0.4 is 0 Å². The Balaban J connectivity index is 2.25. The van der Waals surface area contributed by atoms with E-state index in [4.69, 9.17) is 0 Å². The molecule has 1 aromatic rings. The van der Waals surface area contributed by atoms with Crippen LogP contribution in [-0.2, 0) is 0 Å². The summed E-state index contributed by atoms with van der Waals surface area (Å²) in [6.45, 7) is 10.8. The molecular weight excluding hydrogens is 314 g/mol. The molecule has 0 saturated heterocycles. The topological polar surface area (TPSA) is 3.24 Å². The van der Waals surface area contributed by atoms with E-state index >= 15 is 0 Å².